The van der Waals surface area contributed by atoms with Crippen molar-refractivity contribution in [3.8, 4) is 0 Å². The number of hydrogen-bond donors (Lipinski definition) is 2. The second-order valence-electron chi connectivity index (χ2n) is 7.40. The van der Waals surface area contributed by atoms with Crippen molar-refractivity contribution in [2.24, 2.45) is 0 Å². The van der Waals surface area contributed by atoms with Crippen LogP contribution < -0.4 is 5.32 Å². The fourth-order valence-electron chi connectivity index (χ4n) is 3.69. The highest BCUT2D eigenvalue weighted by Crippen LogP contribution is 2.31. The molecule has 0 spiro atoms. The zero-order valence-electron chi connectivity index (χ0n) is 17.2. The Labute approximate surface area is 175 Å². The minimum absolute atomic E-state index is 0.0274. The van der Waals surface area contributed by atoms with Gasteiger partial charge in [0.05, 0.1) is 30.0 Å². The smallest absolute Gasteiger partial charge is 0.247 e. The van der Waals surface area contributed by atoms with E-state index in [0.29, 0.717) is 18.2 Å². The van der Waals surface area contributed by atoms with Crippen molar-refractivity contribution in [2.75, 3.05) is 11.9 Å². The number of nitrogens with zero attached hydrogens (tertiary/aromatic N) is 5. The number of hydrogen-bond acceptors (Lipinski definition) is 6. The molecule has 0 aliphatic carbocycles. The summed E-state index contributed by atoms with van der Waals surface area (Å²) in [6, 6.07) is 7.65. The summed E-state index contributed by atoms with van der Waals surface area (Å²) in [4.78, 5) is 35.4. The maximum absolute atomic E-state index is 12.9. The van der Waals surface area contributed by atoms with Crippen molar-refractivity contribution in [3.05, 3.63) is 65.8 Å². The van der Waals surface area contributed by atoms with Crippen LogP contribution in [0.1, 0.15) is 48.2 Å². The molecule has 30 heavy (non-hydrogen) atoms. The first-order chi connectivity index (χ1) is 14.6. The largest absolute Gasteiger partial charge is 0.345 e. The predicted octanol–water partition coefficient (Wildman–Crippen LogP) is 3.72. The monoisotopic (exact) mass is 403 g/mol. The van der Waals surface area contributed by atoms with Crippen LogP contribution in [0, 0.1) is 13.8 Å². The molecule has 1 amide bonds. The normalized spacial score (nSPS) is 16.7. The van der Waals surface area contributed by atoms with Gasteiger partial charge in [0.1, 0.15) is 17.5 Å². The molecule has 0 saturated carbocycles. The van der Waals surface area contributed by atoms with E-state index >= 15 is 0 Å². The molecule has 3 aromatic heterocycles. The molecule has 1 atom stereocenters. The van der Waals surface area contributed by atoms with Gasteiger partial charge in [0.25, 0.3) is 0 Å². The molecule has 0 bridgehead atoms. The van der Waals surface area contributed by atoms with E-state index in [1.165, 1.54) is 0 Å². The molecule has 2 N–H and O–H groups in total. The summed E-state index contributed by atoms with van der Waals surface area (Å²) < 4.78 is 0. The minimum Gasteiger partial charge on any atom is -0.345 e. The number of piperidine rings is 1. The van der Waals surface area contributed by atoms with Crippen LogP contribution in [0.4, 0.5) is 11.6 Å². The first-order valence-electron chi connectivity index (χ1n) is 10.1. The van der Waals surface area contributed by atoms with E-state index in [9.17, 15) is 4.79 Å². The molecule has 0 aromatic carbocycles. The molecular formula is C22H25N7O. The summed E-state index contributed by atoms with van der Waals surface area (Å²) in [7, 11) is 0. The molecular weight excluding hydrogens is 378 g/mol. The fraction of sp³-hybridized carbons (Fsp3) is 0.318. The van der Waals surface area contributed by atoms with Gasteiger partial charge in [-0.1, -0.05) is 6.07 Å². The van der Waals surface area contributed by atoms with E-state index in [1.54, 1.807) is 24.7 Å². The van der Waals surface area contributed by atoms with E-state index < -0.39 is 0 Å². The first-order valence-corrected chi connectivity index (χ1v) is 10.1. The molecule has 0 unspecified atom stereocenters. The Kier molecular flexibility index (Phi) is 5.83. The fourth-order valence-corrected chi connectivity index (χ4v) is 3.69. The predicted molar refractivity (Wildman–Crippen MR) is 115 cm³/mol. The third-order valence-electron chi connectivity index (χ3n) is 5.05. The number of aryl methyl sites for hydroxylation is 2. The zero-order chi connectivity index (χ0) is 20.9. The quantitative estimate of drug-likeness (QED) is 0.630. The lowest BCUT2D eigenvalue weighted by Gasteiger charge is -2.35. The van der Waals surface area contributed by atoms with E-state index in [0.717, 1.165) is 42.2 Å². The lowest BCUT2D eigenvalue weighted by atomic mass is 9.98. The molecule has 1 fully saturated rings. The lowest BCUT2D eigenvalue weighted by Crippen LogP contribution is -2.38. The van der Waals surface area contributed by atoms with Gasteiger partial charge in [-0.05, 0) is 51.3 Å². The van der Waals surface area contributed by atoms with Gasteiger partial charge in [-0.3, -0.25) is 4.79 Å². The Morgan fingerprint density at radius 3 is 2.90 bits per heavy atom. The average Bonchev–Trinajstić information content (AvgIpc) is 3.25. The number of amides is 1. The van der Waals surface area contributed by atoms with Crippen LogP contribution in [-0.4, -0.2) is 42.3 Å². The summed E-state index contributed by atoms with van der Waals surface area (Å²) in [5.74, 6) is 2.05. The number of anilines is 2. The van der Waals surface area contributed by atoms with Crippen LogP contribution in [0.15, 0.2) is 42.9 Å². The third-order valence-corrected chi connectivity index (χ3v) is 5.05. The number of carbonyl (C=O) groups is 1. The van der Waals surface area contributed by atoms with E-state index in [-0.39, 0.29) is 11.9 Å². The highest BCUT2D eigenvalue weighted by Gasteiger charge is 2.28. The van der Waals surface area contributed by atoms with E-state index in [4.69, 9.17) is 0 Å². The SMILES string of the molecule is Cc1cccc(Nc2cc([C@@H]3CCCCN3C(=O)/C=C/c3cnc[nH]3)nc(C)n2)n1. The van der Waals surface area contributed by atoms with Gasteiger partial charge in [0.2, 0.25) is 5.91 Å². The maximum Gasteiger partial charge on any atom is 0.247 e. The summed E-state index contributed by atoms with van der Waals surface area (Å²) in [6.07, 6.45) is 9.55. The van der Waals surface area contributed by atoms with E-state index in [1.807, 2.05) is 43.0 Å². The van der Waals surface area contributed by atoms with Crippen molar-refractivity contribution < 1.29 is 4.79 Å². The first kappa shape index (κ1) is 19.8. The molecule has 1 aliphatic heterocycles. The van der Waals surface area contributed by atoms with Crippen molar-refractivity contribution in [3.63, 3.8) is 0 Å². The molecule has 4 rings (SSSR count). The number of carbonyl (C=O) groups excluding carboxylic acids is 1. The Morgan fingerprint density at radius 1 is 1.20 bits per heavy atom. The number of H-pyrrole nitrogens is 1. The molecule has 0 radical (unpaired) electrons. The highest BCUT2D eigenvalue weighted by molar-refractivity contribution is 5.91. The number of pyridine rings is 1. The van der Waals surface area contributed by atoms with Gasteiger partial charge in [0.15, 0.2) is 0 Å². The average molecular weight is 403 g/mol. The van der Waals surface area contributed by atoms with Crippen molar-refractivity contribution in [2.45, 2.75) is 39.2 Å². The molecule has 8 heteroatoms. The maximum atomic E-state index is 12.9. The zero-order valence-corrected chi connectivity index (χ0v) is 17.2. The molecule has 1 saturated heterocycles. The van der Waals surface area contributed by atoms with Crippen LogP contribution in [0.25, 0.3) is 6.08 Å². The summed E-state index contributed by atoms with van der Waals surface area (Å²) >= 11 is 0. The van der Waals surface area contributed by atoms with Gasteiger partial charge in [0, 0.05) is 24.4 Å². The van der Waals surface area contributed by atoms with Crippen LogP contribution in [0.2, 0.25) is 0 Å². The number of rotatable bonds is 5. The van der Waals surface area contributed by atoms with Crippen molar-refractivity contribution >= 4 is 23.6 Å². The second-order valence-corrected chi connectivity index (χ2v) is 7.40. The summed E-state index contributed by atoms with van der Waals surface area (Å²) in [6.45, 7) is 4.53. The number of imidazole rings is 1. The Morgan fingerprint density at radius 2 is 2.10 bits per heavy atom. The van der Waals surface area contributed by atoms with Gasteiger partial charge < -0.3 is 15.2 Å². The van der Waals surface area contributed by atoms with E-state index in [2.05, 4.69) is 30.2 Å². The van der Waals surface area contributed by atoms with Crippen LogP contribution in [-0.2, 0) is 4.79 Å². The van der Waals surface area contributed by atoms with Crippen LogP contribution >= 0.6 is 0 Å². The molecule has 154 valence electrons. The Bertz CT molecular complexity index is 1050. The minimum atomic E-state index is -0.0783. The van der Waals surface area contributed by atoms with Gasteiger partial charge >= 0.3 is 0 Å². The molecule has 4 heterocycles. The Balaban J connectivity index is 1.57. The van der Waals surface area contributed by atoms with Crippen molar-refractivity contribution in [1.29, 1.82) is 0 Å². The lowest BCUT2D eigenvalue weighted by molar-refractivity contribution is -0.129. The number of likely N-dealkylation sites (tertiary alicyclic amines) is 1. The molecule has 3 aromatic rings. The van der Waals surface area contributed by atoms with Crippen LogP contribution in [0.5, 0.6) is 0 Å². The van der Waals surface area contributed by atoms with Gasteiger partial charge in [-0.15, -0.1) is 0 Å². The second kappa shape index (κ2) is 8.86. The molecule has 8 nitrogen and oxygen atoms in total. The number of aromatic amines is 1. The number of nitrogens with one attached hydrogen (secondary N) is 2. The highest BCUT2D eigenvalue weighted by atomic mass is 16.2. The Hall–Kier alpha value is -3.55. The van der Waals surface area contributed by atoms with Gasteiger partial charge in [-0.2, -0.15) is 0 Å². The third kappa shape index (κ3) is 4.71. The standard InChI is InChI=1S/C22H25N7O/c1-15-6-5-8-20(25-15)28-21-12-18(26-16(2)27-21)19-7-3-4-11-29(19)22(30)10-9-17-13-23-14-24-17/h5-6,8-10,12-14,19H,3-4,7,11H2,1-2H3,(H,23,24)(H,25,26,27,28)/b10-9+/t19-/m0/s1. The van der Waals surface area contributed by atoms with Crippen LogP contribution in [0.3, 0.4) is 0 Å². The van der Waals surface area contributed by atoms with Crippen molar-refractivity contribution in [1.82, 2.24) is 29.8 Å². The topological polar surface area (TPSA) is 99.7 Å². The molecule has 1 aliphatic rings. The summed E-state index contributed by atoms with van der Waals surface area (Å²) in [5, 5.41) is 3.26. The van der Waals surface area contributed by atoms with Gasteiger partial charge in [-0.25, -0.2) is 19.9 Å². The number of aromatic nitrogens is 5. The summed E-state index contributed by atoms with van der Waals surface area (Å²) in [5.41, 5.74) is 2.58.